The van der Waals surface area contributed by atoms with Crippen molar-refractivity contribution in [2.24, 2.45) is 11.3 Å². The molecule has 2 unspecified atom stereocenters. The maximum atomic E-state index is 13.0. The summed E-state index contributed by atoms with van der Waals surface area (Å²) in [7, 11) is 1.34. The van der Waals surface area contributed by atoms with Crippen molar-refractivity contribution in [3.63, 3.8) is 0 Å². The van der Waals surface area contributed by atoms with Gasteiger partial charge in [0, 0.05) is 5.41 Å². The summed E-state index contributed by atoms with van der Waals surface area (Å²) in [5.74, 6) is 1.41. The zero-order valence-electron chi connectivity index (χ0n) is 25.7. The molecule has 0 N–H and O–H groups in total. The highest BCUT2D eigenvalue weighted by atomic mass is 16.5. The number of benzene rings is 4. The third-order valence-corrected chi connectivity index (χ3v) is 8.61. The first-order chi connectivity index (χ1) is 20.6. The van der Waals surface area contributed by atoms with E-state index >= 15 is 0 Å². The highest BCUT2D eigenvalue weighted by Gasteiger charge is 2.42. The van der Waals surface area contributed by atoms with Crippen LogP contribution in [0, 0.1) is 18.3 Å². The Hall–Kier alpha value is -4.38. The fourth-order valence-corrected chi connectivity index (χ4v) is 6.37. The second-order valence-corrected chi connectivity index (χ2v) is 12.7. The predicted molar refractivity (Wildman–Crippen MR) is 169 cm³/mol. The summed E-state index contributed by atoms with van der Waals surface area (Å²) in [6, 6.07) is 30.6. The van der Waals surface area contributed by atoms with Crippen LogP contribution in [0.1, 0.15) is 83.9 Å². The van der Waals surface area contributed by atoms with Crippen LogP contribution in [0.15, 0.2) is 97.1 Å². The first-order valence-corrected chi connectivity index (χ1v) is 14.9. The van der Waals surface area contributed by atoms with E-state index in [1.165, 1.54) is 36.6 Å². The zero-order chi connectivity index (χ0) is 30.6. The van der Waals surface area contributed by atoms with Gasteiger partial charge in [0.25, 0.3) is 0 Å². The Morgan fingerprint density at radius 3 is 1.72 bits per heavy atom. The van der Waals surface area contributed by atoms with Crippen molar-refractivity contribution < 1.29 is 23.8 Å². The normalized spacial score (nSPS) is 19.6. The second kappa shape index (κ2) is 12.5. The monoisotopic (exact) mass is 576 g/mol. The first-order valence-electron chi connectivity index (χ1n) is 14.9. The molecule has 5 rings (SSSR count). The molecule has 4 aromatic carbocycles. The minimum absolute atomic E-state index is 0.106. The number of carbonyl (C=O) groups is 2. The van der Waals surface area contributed by atoms with Gasteiger partial charge in [-0.1, -0.05) is 69.2 Å². The van der Waals surface area contributed by atoms with Crippen LogP contribution in [0.4, 0.5) is 0 Å². The Labute approximate surface area is 254 Å². The third kappa shape index (κ3) is 6.99. The lowest BCUT2D eigenvalue weighted by Crippen LogP contribution is -2.33. The van der Waals surface area contributed by atoms with E-state index in [-0.39, 0.29) is 10.8 Å². The molecule has 0 bridgehead atoms. The smallest absolute Gasteiger partial charge is 0.343 e. The van der Waals surface area contributed by atoms with Gasteiger partial charge < -0.3 is 14.2 Å². The van der Waals surface area contributed by atoms with Crippen molar-refractivity contribution in [3.05, 3.63) is 125 Å². The third-order valence-electron chi connectivity index (χ3n) is 8.61. The van der Waals surface area contributed by atoms with Crippen molar-refractivity contribution in [1.82, 2.24) is 0 Å². The number of hydrogen-bond acceptors (Lipinski definition) is 5. The molecular weight excluding hydrogens is 536 g/mol. The van der Waals surface area contributed by atoms with Gasteiger partial charge in [-0.25, -0.2) is 9.59 Å². The molecule has 0 aliphatic heterocycles. The minimum Gasteiger partial charge on any atom is -0.465 e. The van der Waals surface area contributed by atoms with Crippen molar-refractivity contribution in [2.75, 3.05) is 7.11 Å². The van der Waals surface area contributed by atoms with Gasteiger partial charge in [0.2, 0.25) is 0 Å². The summed E-state index contributed by atoms with van der Waals surface area (Å²) in [6.07, 6.45) is 4.59. The van der Waals surface area contributed by atoms with Crippen LogP contribution in [0.2, 0.25) is 0 Å². The summed E-state index contributed by atoms with van der Waals surface area (Å²) in [6.45, 7) is 9.28. The number of aryl methyl sites for hydroxylation is 1. The molecule has 1 saturated carbocycles. The van der Waals surface area contributed by atoms with Gasteiger partial charge in [0.15, 0.2) is 0 Å². The number of ether oxygens (including phenoxy) is 3. The van der Waals surface area contributed by atoms with E-state index in [1.54, 1.807) is 48.5 Å². The average Bonchev–Trinajstić information content (AvgIpc) is 3.13. The summed E-state index contributed by atoms with van der Waals surface area (Å²) >= 11 is 0. The number of methoxy groups -OCH3 is 1. The van der Waals surface area contributed by atoms with Gasteiger partial charge in [0.05, 0.1) is 18.2 Å². The molecule has 1 fully saturated rings. The van der Waals surface area contributed by atoms with Gasteiger partial charge in [-0.15, -0.1) is 0 Å². The number of carbonyl (C=O) groups excluding carboxylic acids is 2. The van der Waals surface area contributed by atoms with Crippen molar-refractivity contribution in [2.45, 2.75) is 58.8 Å². The molecule has 0 heterocycles. The van der Waals surface area contributed by atoms with Crippen LogP contribution in [0.25, 0.3) is 0 Å². The molecule has 0 amide bonds. The second-order valence-electron chi connectivity index (χ2n) is 12.7. The van der Waals surface area contributed by atoms with Crippen molar-refractivity contribution in [1.29, 1.82) is 0 Å². The Morgan fingerprint density at radius 2 is 1.19 bits per heavy atom. The van der Waals surface area contributed by atoms with Crippen molar-refractivity contribution >= 4 is 11.9 Å². The van der Waals surface area contributed by atoms with Gasteiger partial charge in [-0.2, -0.15) is 0 Å². The Morgan fingerprint density at radius 1 is 0.698 bits per heavy atom. The van der Waals surface area contributed by atoms with E-state index < -0.39 is 11.9 Å². The van der Waals surface area contributed by atoms with Gasteiger partial charge in [-0.05, 0) is 109 Å². The van der Waals surface area contributed by atoms with E-state index in [0.717, 1.165) is 12.8 Å². The zero-order valence-corrected chi connectivity index (χ0v) is 25.7. The van der Waals surface area contributed by atoms with E-state index in [2.05, 4.69) is 64.1 Å². The fraction of sp³-hybridized carbons (Fsp3) is 0.316. The van der Waals surface area contributed by atoms with Crippen molar-refractivity contribution in [3.8, 4) is 17.2 Å². The quantitative estimate of drug-likeness (QED) is 0.125. The minimum atomic E-state index is -0.431. The molecule has 0 aromatic heterocycles. The summed E-state index contributed by atoms with van der Waals surface area (Å²) in [4.78, 5) is 24.6. The molecule has 5 heteroatoms. The van der Waals surface area contributed by atoms with E-state index in [1.807, 2.05) is 12.1 Å². The maximum Gasteiger partial charge on any atom is 0.343 e. The van der Waals surface area contributed by atoms with Crippen LogP contribution in [0.5, 0.6) is 17.2 Å². The average molecular weight is 577 g/mol. The lowest BCUT2D eigenvalue weighted by Gasteiger charge is -2.40. The largest absolute Gasteiger partial charge is 0.465 e. The highest BCUT2D eigenvalue weighted by Crippen LogP contribution is 2.51. The summed E-state index contributed by atoms with van der Waals surface area (Å²) in [5.41, 5.74) is 4.85. The molecule has 0 spiro atoms. The molecule has 43 heavy (non-hydrogen) atoms. The predicted octanol–water partition coefficient (Wildman–Crippen LogP) is 9.32. The lowest BCUT2D eigenvalue weighted by molar-refractivity contribution is 0.0600. The Kier molecular flexibility index (Phi) is 8.72. The van der Waals surface area contributed by atoms with Crippen LogP contribution < -0.4 is 9.47 Å². The lowest BCUT2D eigenvalue weighted by atomic mass is 9.63. The molecule has 4 aromatic rings. The first kappa shape index (κ1) is 30.1. The SMILES string of the molecule is COC(=O)c1ccc(Oc2ccc(C(=O)Oc3ccc(C4(c5ccc(C)cc5)CC(C)CCC(C)(C)C4)cc3)cc2)cc1. The Balaban J connectivity index is 1.31. The molecule has 1 aliphatic rings. The topological polar surface area (TPSA) is 61.8 Å². The summed E-state index contributed by atoms with van der Waals surface area (Å²) in [5, 5.41) is 0. The standard InChI is InChI=1S/C38H40O5/c1-26-6-12-30(13-7-26)38(24-27(2)22-23-37(3,4)25-38)31-14-20-34(21-15-31)43-36(40)29-10-18-33(19-11-29)42-32-16-8-28(9-17-32)35(39)41-5/h6-21,27H,22-25H2,1-5H3. The van der Waals surface area contributed by atoms with Crippen LogP contribution in [0.3, 0.4) is 0 Å². The van der Waals surface area contributed by atoms with Gasteiger partial charge in [-0.3, -0.25) is 0 Å². The van der Waals surface area contributed by atoms with Crippen LogP contribution in [-0.4, -0.2) is 19.0 Å². The van der Waals surface area contributed by atoms with E-state index in [0.29, 0.717) is 34.3 Å². The van der Waals surface area contributed by atoms with E-state index in [4.69, 9.17) is 14.2 Å². The fourth-order valence-electron chi connectivity index (χ4n) is 6.37. The molecule has 5 nitrogen and oxygen atoms in total. The maximum absolute atomic E-state index is 13.0. The molecule has 1 aliphatic carbocycles. The van der Waals surface area contributed by atoms with Crippen LogP contribution >= 0.6 is 0 Å². The number of hydrogen-bond donors (Lipinski definition) is 0. The molecule has 0 radical (unpaired) electrons. The van der Waals surface area contributed by atoms with Gasteiger partial charge >= 0.3 is 11.9 Å². The van der Waals surface area contributed by atoms with E-state index in [9.17, 15) is 9.59 Å². The highest BCUT2D eigenvalue weighted by molar-refractivity contribution is 5.91. The molecule has 0 saturated heterocycles. The number of esters is 2. The van der Waals surface area contributed by atoms with Gasteiger partial charge in [0.1, 0.15) is 17.2 Å². The molecular formula is C38H40O5. The molecule has 222 valence electrons. The number of rotatable bonds is 7. The Bertz CT molecular complexity index is 1550. The van der Waals surface area contributed by atoms with Crippen LogP contribution in [-0.2, 0) is 10.2 Å². The molecule has 2 atom stereocenters. The summed E-state index contributed by atoms with van der Waals surface area (Å²) < 4.78 is 16.3.